The predicted octanol–water partition coefficient (Wildman–Crippen LogP) is 1.46. The lowest BCUT2D eigenvalue weighted by Crippen LogP contribution is -2.38. The first-order chi connectivity index (χ1) is 9.02. The first-order valence-corrected chi connectivity index (χ1v) is 6.41. The van der Waals surface area contributed by atoms with Crippen molar-refractivity contribution in [3.63, 3.8) is 0 Å². The Balaban J connectivity index is 2.42. The lowest BCUT2D eigenvalue weighted by Gasteiger charge is -2.13. The van der Waals surface area contributed by atoms with Crippen LogP contribution in [0.3, 0.4) is 0 Å². The van der Waals surface area contributed by atoms with Crippen molar-refractivity contribution in [1.82, 2.24) is 10.2 Å². The van der Waals surface area contributed by atoms with Crippen LogP contribution >= 0.6 is 12.2 Å². The van der Waals surface area contributed by atoms with Crippen molar-refractivity contribution in [2.45, 2.75) is 6.92 Å². The molecule has 6 heteroatoms. The van der Waals surface area contributed by atoms with Gasteiger partial charge in [0, 0.05) is 19.8 Å². The first-order valence-electron chi connectivity index (χ1n) is 6.00. The molecule has 104 valence electrons. The second kappa shape index (κ2) is 7.58. The maximum absolute atomic E-state index is 11.4. The van der Waals surface area contributed by atoms with Crippen LogP contribution in [-0.2, 0) is 4.79 Å². The maximum Gasteiger partial charge on any atom is 0.241 e. The molecule has 0 radical (unpaired) electrons. The molecule has 19 heavy (non-hydrogen) atoms. The van der Waals surface area contributed by atoms with E-state index in [-0.39, 0.29) is 12.5 Å². The quantitative estimate of drug-likeness (QED) is 0.800. The molecular weight excluding hydrogens is 262 g/mol. The van der Waals surface area contributed by atoms with Crippen molar-refractivity contribution in [3.8, 4) is 5.75 Å². The summed E-state index contributed by atoms with van der Waals surface area (Å²) < 4.78 is 5.34. The number of rotatable bonds is 5. The SMILES string of the molecule is CCOc1ccc(NC(=S)NCC(=O)N(C)C)cc1. The van der Waals surface area contributed by atoms with E-state index in [1.54, 1.807) is 14.1 Å². The van der Waals surface area contributed by atoms with Crippen molar-refractivity contribution >= 4 is 28.9 Å². The number of hydrogen-bond acceptors (Lipinski definition) is 3. The van der Waals surface area contributed by atoms with E-state index in [4.69, 9.17) is 17.0 Å². The highest BCUT2D eigenvalue weighted by Crippen LogP contribution is 2.15. The van der Waals surface area contributed by atoms with Gasteiger partial charge in [0.1, 0.15) is 5.75 Å². The Morgan fingerprint density at radius 2 is 1.95 bits per heavy atom. The Hall–Kier alpha value is -1.82. The molecule has 1 aromatic carbocycles. The Bertz CT molecular complexity index is 432. The number of likely N-dealkylation sites (N-methyl/N-ethyl adjacent to an activating group) is 1. The second-order valence-corrected chi connectivity index (χ2v) is 4.46. The van der Waals surface area contributed by atoms with E-state index < -0.39 is 0 Å². The summed E-state index contributed by atoms with van der Waals surface area (Å²) in [6.07, 6.45) is 0. The summed E-state index contributed by atoms with van der Waals surface area (Å²) in [6.45, 7) is 2.75. The van der Waals surface area contributed by atoms with Crippen molar-refractivity contribution in [1.29, 1.82) is 0 Å². The fraction of sp³-hybridized carbons (Fsp3) is 0.385. The van der Waals surface area contributed by atoms with Gasteiger partial charge >= 0.3 is 0 Å². The maximum atomic E-state index is 11.4. The largest absolute Gasteiger partial charge is 0.494 e. The van der Waals surface area contributed by atoms with Gasteiger partial charge in [0.15, 0.2) is 5.11 Å². The van der Waals surface area contributed by atoms with Gasteiger partial charge < -0.3 is 20.3 Å². The minimum atomic E-state index is -0.0316. The summed E-state index contributed by atoms with van der Waals surface area (Å²) in [5, 5.41) is 6.27. The number of amides is 1. The molecule has 0 aliphatic carbocycles. The Labute approximate surface area is 118 Å². The van der Waals surface area contributed by atoms with E-state index >= 15 is 0 Å². The fourth-order valence-electron chi connectivity index (χ4n) is 1.29. The highest BCUT2D eigenvalue weighted by Gasteiger charge is 2.04. The molecule has 0 aliphatic rings. The van der Waals surface area contributed by atoms with Crippen LogP contribution in [0.25, 0.3) is 0 Å². The zero-order valence-electron chi connectivity index (χ0n) is 11.4. The number of nitrogens with zero attached hydrogens (tertiary/aromatic N) is 1. The van der Waals surface area contributed by atoms with Crippen LogP contribution in [0.4, 0.5) is 5.69 Å². The summed E-state index contributed by atoms with van der Waals surface area (Å²) in [5.74, 6) is 0.783. The van der Waals surface area contributed by atoms with Crippen LogP contribution in [0.1, 0.15) is 6.92 Å². The van der Waals surface area contributed by atoms with Crippen molar-refractivity contribution in [2.24, 2.45) is 0 Å². The van der Waals surface area contributed by atoms with Gasteiger partial charge in [0.25, 0.3) is 0 Å². The summed E-state index contributed by atoms with van der Waals surface area (Å²) in [5.41, 5.74) is 0.846. The van der Waals surface area contributed by atoms with E-state index in [2.05, 4.69) is 10.6 Å². The van der Waals surface area contributed by atoms with Gasteiger partial charge in [-0.05, 0) is 43.4 Å². The average Bonchev–Trinajstić information content (AvgIpc) is 2.38. The molecule has 2 N–H and O–H groups in total. The zero-order valence-corrected chi connectivity index (χ0v) is 12.2. The third kappa shape index (κ3) is 5.56. The number of carbonyl (C=O) groups is 1. The van der Waals surface area contributed by atoms with Gasteiger partial charge in [-0.15, -0.1) is 0 Å². The van der Waals surface area contributed by atoms with E-state index in [0.29, 0.717) is 11.7 Å². The molecule has 5 nitrogen and oxygen atoms in total. The van der Waals surface area contributed by atoms with Crippen LogP contribution in [0, 0.1) is 0 Å². The normalized spacial score (nSPS) is 9.63. The third-order valence-corrected chi connectivity index (χ3v) is 2.57. The summed E-state index contributed by atoms with van der Waals surface area (Å²) in [4.78, 5) is 12.9. The molecule has 1 aromatic rings. The number of ether oxygens (including phenoxy) is 1. The lowest BCUT2D eigenvalue weighted by atomic mass is 10.3. The molecule has 1 rings (SSSR count). The number of benzene rings is 1. The molecule has 0 saturated heterocycles. The molecule has 0 spiro atoms. The van der Waals surface area contributed by atoms with Gasteiger partial charge in [-0.25, -0.2) is 0 Å². The first kappa shape index (κ1) is 15.2. The molecule has 0 heterocycles. The number of hydrogen-bond donors (Lipinski definition) is 2. The smallest absolute Gasteiger partial charge is 0.241 e. The van der Waals surface area contributed by atoms with E-state index in [9.17, 15) is 4.79 Å². The average molecular weight is 281 g/mol. The molecule has 0 unspecified atom stereocenters. The Morgan fingerprint density at radius 3 is 2.47 bits per heavy atom. The highest BCUT2D eigenvalue weighted by molar-refractivity contribution is 7.80. The summed E-state index contributed by atoms with van der Waals surface area (Å²) >= 11 is 5.10. The molecule has 0 aliphatic heterocycles. The van der Waals surface area contributed by atoms with E-state index in [1.165, 1.54) is 4.90 Å². The molecular formula is C13H19N3O2S. The molecule has 0 saturated carbocycles. The highest BCUT2D eigenvalue weighted by atomic mass is 32.1. The molecule has 0 bridgehead atoms. The Morgan fingerprint density at radius 1 is 1.32 bits per heavy atom. The molecule has 1 amide bonds. The Kier molecular flexibility index (Phi) is 6.08. The second-order valence-electron chi connectivity index (χ2n) is 4.05. The molecule has 0 atom stereocenters. The van der Waals surface area contributed by atoms with Crippen molar-refractivity contribution in [2.75, 3.05) is 32.6 Å². The van der Waals surface area contributed by atoms with Crippen LogP contribution in [-0.4, -0.2) is 43.2 Å². The minimum Gasteiger partial charge on any atom is -0.494 e. The van der Waals surface area contributed by atoms with E-state index in [1.807, 2.05) is 31.2 Å². The van der Waals surface area contributed by atoms with Gasteiger partial charge in [-0.1, -0.05) is 0 Å². The van der Waals surface area contributed by atoms with E-state index in [0.717, 1.165) is 11.4 Å². The van der Waals surface area contributed by atoms with Gasteiger partial charge in [0.05, 0.1) is 13.2 Å². The fourth-order valence-corrected chi connectivity index (χ4v) is 1.48. The van der Waals surface area contributed by atoms with Crippen LogP contribution < -0.4 is 15.4 Å². The van der Waals surface area contributed by atoms with Gasteiger partial charge in [-0.2, -0.15) is 0 Å². The number of thiocarbonyl (C=S) groups is 1. The van der Waals surface area contributed by atoms with Crippen LogP contribution in [0.2, 0.25) is 0 Å². The van der Waals surface area contributed by atoms with Crippen molar-refractivity contribution in [3.05, 3.63) is 24.3 Å². The van der Waals surface area contributed by atoms with Crippen LogP contribution in [0.15, 0.2) is 24.3 Å². The van der Waals surface area contributed by atoms with Gasteiger partial charge in [0.2, 0.25) is 5.91 Å². The third-order valence-electron chi connectivity index (χ3n) is 2.32. The number of anilines is 1. The monoisotopic (exact) mass is 281 g/mol. The van der Waals surface area contributed by atoms with Crippen molar-refractivity contribution < 1.29 is 9.53 Å². The zero-order chi connectivity index (χ0) is 14.3. The van der Waals surface area contributed by atoms with Gasteiger partial charge in [-0.3, -0.25) is 4.79 Å². The topological polar surface area (TPSA) is 53.6 Å². The minimum absolute atomic E-state index is 0.0316. The predicted molar refractivity (Wildman–Crippen MR) is 80.5 cm³/mol. The van der Waals surface area contributed by atoms with Crippen LogP contribution in [0.5, 0.6) is 5.75 Å². The number of nitrogens with one attached hydrogen (secondary N) is 2. The lowest BCUT2D eigenvalue weighted by molar-refractivity contribution is -0.127. The summed E-state index contributed by atoms with van der Waals surface area (Å²) in [7, 11) is 3.40. The molecule has 0 aromatic heterocycles. The number of carbonyl (C=O) groups excluding carboxylic acids is 1. The summed E-state index contributed by atoms with van der Waals surface area (Å²) in [6, 6.07) is 7.46. The standard InChI is InChI=1S/C13H19N3O2S/c1-4-18-11-7-5-10(6-8-11)15-13(19)14-9-12(17)16(2)3/h5-8H,4,9H2,1-3H3,(H2,14,15,19). The molecule has 0 fully saturated rings.